The summed E-state index contributed by atoms with van der Waals surface area (Å²) in [6, 6.07) is 2.52. The Morgan fingerprint density at radius 3 is 1.17 bits per heavy atom. The first-order valence-electron chi connectivity index (χ1n) is 13.0. The van der Waals surface area contributed by atoms with Crippen molar-refractivity contribution in [2.24, 2.45) is 5.41 Å². The third-order valence-electron chi connectivity index (χ3n) is 7.98. The lowest BCUT2D eigenvalue weighted by molar-refractivity contribution is 0.122. The molecule has 0 rings (SSSR count). The van der Waals surface area contributed by atoms with E-state index in [9.17, 15) is 0 Å². The van der Waals surface area contributed by atoms with Gasteiger partial charge in [0.25, 0.3) is 0 Å². The van der Waals surface area contributed by atoms with Crippen LogP contribution in [0.3, 0.4) is 0 Å². The van der Waals surface area contributed by atoms with Gasteiger partial charge in [0.05, 0.1) is 0 Å². The quantitative estimate of drug-likeness (QED) is 0.221. The molecule has 0 heterocycles. The van der Waals surface area contributed by atoms with Gasteiger partial charge in [-0.2, -0.15) is 0 Å². The van der Waals surface area contributed by atoms with Gasteiger partial charge in [-0.1, -0.05) is 48.5 Å². The second-order valence-electron chi connectivity index (χ2n) is 9.34. The van der Waals surface area contributed by atoms with E-state index in [1.165, 1.54) is 57.4 Å². The normalized spacial score (nSPS) is 14.8. The minimum Gasteiger partial charge on any atom is -0.420 e. The fraction of sp³-hybridized carbons (Fsp3) is 1.00. The van der Waals surface area contributed by atoms with Crippen molar-refractivity contribution >= 4 is 8.32 Å². The first-order valence-corrected chi connectivity index (χ1v) is 15.9. The lowest BCUT2D eigenvalue weighted by Gasteiger charge is -2.40. The average Bonchev–Trinajstić information content (AvgIpc) is 2.79. The van der Waals surface area contributed by atoms with E-state index in [-0.39, 0.29) is 0 Å². The van der Waals surface area contributed by atoms with Gasteiger partial charge in [-0.15, -0.1) is 0 Å². The van der Waals surface area contributed by atoms with E-state index < -0.39 is 8.32 Å². The third-order valence-corrected chi connectivity index (χ3v) is 11.8. The molecule has 0 aliphatic heterocycles. The molecule has 0 N–H and O–H groups in total. The molecule has 0 aliphatic rings. The highest BCUT2D eigenvalue weighted by atomic mass is 28.4. The van der Waals surface area contributed by atoms with Crippen molar-refractivity contribution in [3.8, 4) is 0 Å². The number of nitrogens with zero attached hydrogens (tertiary/aromatic N) is 3. The van der Waals surface area contributed by atoms with Gasteiger partial charge in [0.2, 0.25) is 0 Å². The summed E-state index contributed by atoms with van der Waals surface area (Å²) in [5, 5.41) is 0. The molecule has 0 aromatic rings. The number of rotatable bonds is 20. The molecular formula is C25H57N3OSi. The topological polar surface area (TPSA) is 19.0 Å². The van der Waals surface area contributed by atoms with Crippen molar-refractivity contribution in [2.75, 3.05) is 66.0 Å². The van der Waals surface area contributed by atoms with Gasteiger partial charge in [0.15, 0.2) is 8.32 Å². The highest BCUT2D eigenvalue weighted by Crippen LogP contribution is 2.40. The summed E-state index contributed by atoms with van der Waals surface area (Å²) in [7, 11) is 0.391. The Bertz CT molecular complexity index is 351. The SMILES string of the molecule is CCN(CC)CCC(CCN(CC)CC)(CCN(CC)CC)CC[Si](C)(CC)OC. The zero-order valence-corrected chi connectivity index (χ0v) is 23.4. The van der Waals surface area contributed by atoms with Crippen LogP contribution in [0.15, 0.2) is 0 Å². The smallest absolute Gasteiger partial charge is 0.188 e. The maximum atomic E-state index is 6.09. The third kappa shape index (κ3) is 11.1. The van der Waals surface area contributed by atoms with Crippen molar-refractivity contribution in [3.05, 3.63) is 0 Å². The molecule has 0 saturated heterocycles. The molecular weight excluding hydrogens is 386 g/mol. The summed E-state index contributed by atoms with van der Waals surface area (Å²) in [5.41, 5.74) is 0.426. The molecule has 0 bridgehead atoms. The molecule has 0 aromatic carbocycles. The highest BCUT2D eigenvalue weighted by molar-refractivity contribution is 6.72. The van der Waals surface area contributed by atoms with E-state index >= 15 is 0 Å². The fourth-order valence-electron chi connectivity index (χ4n) is 4.51. The van der Waals surface area contributed by atoms with Gasteiger partial charge in [-0.05, 0) is 109 Å². The lowest BCUT2D eigenvalue weighted by atomic mass is 9.75. The summed E-state index contributed by atoms with van der Waals surface area (Å²) >= 11 is 0. The standard InChI is InChI=1S/C25H57N3OSi/c1-10-26(11-2)21-17-25(18-22-27(12-3)13-4,19-23-28(14-5)15-6)20-24-30(9,16-7)29-8/h10-24H2,1-9H3. The van der Waals surface area contributed by atoms with Crippen LogP contribution in [0.1, 0.15) is 74.1 Å². The summed E-state index contributed by atoms with van der Waals surface area (Å²) in [6.07, 6.45) is 5.32. The molecule has 0 fully saturated rings. The molecule has 0 aromatic heterocycles. The second kappa shape index (κ2) is 16.7. The Kier molecular flexibility index (Phi) is 16.7. The Labute approximate surface area is 191 Å². The van der Waals surface area contributed by atoms with Gasteiger partial charge >= 0.3 is 0 Å². The molecule has 0 aliphatic carbocycles. The van der Waals surface area contributed by atoms with Crippen LogP contribution in [0.5, 0.6) is 0 Å². The summed E-state index contributed by atoms with van der Waals surface area (Å²) in [5.74, 6) is 0. The van der Waals surface area contributed by atoms with Crippen LogP contribution in [0.25, 0.3) is 0 Å². The molecule has 0 radical (unpaired) electrons. The molecule has 1 unspecified atom stereocenters. The first-order chi connectivity index (χ1) is 14.3. The zero-order chi connectivity index (χ0) is 23.0. The van der Waals surface area contributed by atoms with Gasteiger partial charge in [-0.25, -0.2) is 0 Å². The van der Waals surface area contributed by atoms with Crippen molar-refractivity contribution in [2.45, 2.75) is 92.8 Å². The molecule has 0 spiro atoms. The predicted octanol–water partition coefficient (Wildman–Crippen LogP) is 5.80. The van der Waals surface area contributed by atoms with E-state index in [0.717, 1.165) is 39.3 Å². The average molecular weight is 444 g/mol. The van der Waals surface area contributed by atoms with E-state index in [4.69, 9.17) is 4.43 Å². The van der Waals surface area contributed by atoms with Crippen molar-refractivity contribution in [3.63, 3.8) is 0 Å². The molecule has 30 heavy (non-hydrogen) atoms. The highest BCUT2D eigenvalue weighted by Gasteiger charge is 2.35. The number of hydrogen-bond donors (Lipinski definition) is 0. The minimum absolute atomic E-state index is 0.426. The number of hydrogen-bond acceptors (Lipinski definition) is 4. The van der Waals surface area contributed by atoms with Crippen molar-refractivity contribution in [1.29, 1.82) is 0 Å². The van der Waals surface area contributed by atoms with Gasteiger partial charge in [0.1, 0.15) is 0 Å². The largest absolute Gasteiger partial charge is 0.420 e. The van der Waals surface area contributed by atoms with E-state index in [1.54, 1.807) is 0 Å². The van der Waals surface area contributed by atoms with Crippen LogP contribution >= 0.6 is 0 Å². The zero-order valence-electron chi connectivity index (χ0n) is 22.4. The Morgan fingerprint density at radius 1 is 0.600 bits per heavy atom. The lowest BCUT2D eigenvalue weighted by Crippen LogP contribution is -2.40. The van der Waals surface area contributed by atoms with Crippen LogP contribution in [-0.2, 0) is 4.43 Å². The molecule has 4 nitrogen and oxygen atoms in total. The van der Waals surface area contributed by atoms with Crippen molar-refractivity contribution in [1.82, 2.24) is 14.7 Å². The monoisotopic (exact) mass is 443 g/mol. The van der Waals surface area contributed by atoms with Gasteiger partial charge in [0, 0.05) is 7.11 Å². The Balaban J connectivity index is 5.62. The Morgan fingerprint density at radius 2 is 0.933 bits per heavy atom. The van der Waals surface area contributed by atoms with Crippen LogP contribution in [0.4, 0.5) is 0 Å². The molecule has 182 valence electrons. The van der Waals surface area contributed by atoms with Crippen LogP contribution in [-0.4, -0.2) is 89.0 Å². The van der Waals surface area contributed by atoms with Crippen molar-refractivity contribution < 1.29 is 4.43 Å². The van der Waals surface area contributed by atoms with Crippen LogP contribution < -0.4 is 0 Å². The Hall–Kier alpha value is 0.0569. The van der Waals surface area contributed by atoms with E-state index in [0.29, 0.717) is 5.41 Å². The van der Waals surface area contributed by atoms with Crippen LogP contribution in [0, 0.1) is 5.41 Å². The maximum Gasteiger partial charge on any atom is 0.188 e. The molecule has 0 saturated carbocycles. The first kappa shape index (κ1) is 30.1. The van der Waals surface area contributed by atoms with Crippen LogP contribution in [0.2, 0.25) is 18.6 Å². The molecule has 5 heteroatoms. The fourth-order valence-corrected chi connectivity index (χ4v) is 6.41. The minimum atomic E-state index is -1.57. The van der Waals surface area contributed by atoms with Gasteiger partial charge in [-0.3, -0.25) is 0 Å². The molecule has 0 amide bonds. The summed E-state index contributed by atoms with van der Waals surface area (Å²) < 4.78 is 6.09. The molecule has 1 atom stereocenters. The summed E-state index contributed by atoms with van der Waals surface area (Å²) in [4.78, 5) is 7.86. The van der Waals surface area contributed by atoms with E-state index in [1.807, 2.05) is 7.11 Å². The second-order valence-corrected chi connectivity index (χ2v) is 13.9. The van der Waals surface area contributed by atoms with E-state index in [2.05, 4.69) is 69.7 Å². The maximum absolute atomic E-state index is 6.09. The van der Waals surface area contributed by atoms with Gasteiger partial charge < -0.3 is 19.1 Å². The predicted molar refractivity (Wildman–Crippen MR) is 138 cm³/mol. The summed E-state index contributed by atoms with van der Waals surface area (Å²) in [6.45, 7) is 29.3.